The number of hydrogen-bond acceptors (Lipinski definition) is 5. The summed E-state index contributed by atoms with van der Waals surface area (Å²) >= 11 is 0. The first-order valence-electron chi connectivity index (χ1n) is 7.41. The summed E-state index contributed by atoms with van der Waals surface area (Å²) in [6.07, 6.45) is 6.22. The molecule has 8 nitrogen and oxygen atoms in total. The topological polar surface area (TPSA) is 98.9 Å². The van der Waals surface area contributed by atoms with Crippen LogP contribution in [-0.2, 0) is 17.1 Å². The Morgan fingerprint density at radius 3 is 2.57 bits per heavy atom. The van der Waals surface area contributed by atoms with Crippen LogP contribution in [0.4, 0.5) is 0 Å². The van der Waals surface area contributed by atoms with Gasteiger partial charge in [-0.05, 0) is 33.1 Å². The number of nitrogens with one attached hydrogen (secondary N) is 1. The molecule has 2 heterocycles. The summed E-state index contributed by atoms with van der Waals surface area (Å²) in [6, 6.07) is 0.316. The molecule has 124 valence electrons. The van der Waals surface area contributed by atoms with Crippen molar-refractivity contribution in [2.45, 2.75) is 44.0 Å². The first kappa shape index (κ1) is 15.7. The highest BCUT2D eigenvalue weighted by Crippen LogP contribution is 2.30. The van der Waals surface area contributed by atoms with E-state index in [4.69, 9.17) is 0 Å². The van der Waals surface area contributed by atoms with E-state index in [1.54, 1.807) is 31.8 Å². The number of carbonyl (C=O) groups is 1. The molecule has 1 aliphatic rings. The molecule has 0 bridgehead atoms. The summed E-state index contributed by atoms with van der Waals surface area (Å²) in [4.78, 5) is 12.3. The van der Waals surface area contributed by atoms with E-state index in [-0.39, 0.29) is 10.5 Å². The molecule has 1 fully saturated rings. The predicted octanol–water partition coefficient (Wildman–Crippen LogP) is 1.08. The Morgan fingerprint density at radius 1 is 1.35 bits per heavy atom. The lowest BCUT2D eigenvalue weighted by Gasteiger charge is -2.25. The molecular formula is C14H19N5O3S. The van der Waals surface area contributed by atoms with Gasteiger partial charge >= 0.3 is 0 Å². The minimum Gasteiger partial charge on any atom is -0.271 e. The third kappa shape index (κ3) is 2.76. The van der Waals surface area contributed by atoms with Gasteiger partial charge < -0.3 is 0 Å². The van der Waals surface area contributed by atoms with Gasteiger partial charge in [-0.1, -0.05) is 0 Å². The van der Waals surface area contributed by atoms with Crippen molar-refractivity contribution in [3.05, 3.63) is 29.3 Å². The normalized spacial score (nSPS) is 15.4. The number of amides is 1. The first-order valence-corrected chi connectivity index (χ1v) is 8.89. The van der Waals surface area contributed by atoms with Gasteiger partial charge in [0, 0.05) is 13.2 Å². The average molecular weight is 337 g/mol. The Labute approximate surface area is 134 Å². The number of sulfonamides is 1. The smallest absolute Gasteiger partial charge is 0.268 e. The second-order valence-corrected chi connectivity index (χ2v) is 7.47. The molecule has 1 saturated carbocycles. The zero-order valence-electron chi connectivity index (χ0n) is 13.3. The molecule has 9 heteroatoms. The van der Waals surface area contributed by atoms with Crippen LogP contribution < -0.4 is 4.72 Å². The van der Waals surface area contributed by atoms with Crippen LogP contribution in [0.5, 0.6) is 0 Å². The van der Waals surface area contributed by atoms with Crippen molar-refractivity contribution in [3.63, 3.8) is 0 Å². The monoisotopic (exact) mass is 337 g/mol. The van der Waals surface area contributed by atoms with E-state index < -0.39 is 15.9 Å². The summed E-state index contributed by atoms with van der Waals surface area (Å²) in [6.45, 7) is 3.24. The van der Waals surface area contributed by atoms with Crippen molar-refractivity contribution in [3.8, 4) is 0 Å². The maximum atomic E-state index is 12.5. The van der Waals surface area contributed by atoms with Gasteiger partial charge in [-0.3, -0.25) is 14.2 Å². The van der Waals surface area contributed by atoms with Crippen molar-refractivity contribution in [1.82, 2.24) is 24.3 Å². The standard InChI is InChI=1S/C14H19N5O3S/c1-9-13(10(2)18(3)16-9)23(21,22)17-14(20)11-7-15-19(8-11)12-5-4-6-12/h7-8,12H,4-6H2,1-3H3,(H,17,20). The molecule has 23 heavy (non-hydrogen) atoms. The molecule has 0 saturated heterocycles. The minimum atomic E-state index is -3.97. The van der Waals surface area contributed by atoms with Crippen LogP contribution >= 0.6 is 0 Å². The van der Waals surface area contributed by atoms with Crippen molar-refractivity contribution in [2.24, 2.45) is 7.05 Å². The van der Waals surface area contributed by atoms with Gasteiger partial charge in [-0.2, -0.15) is 10.2 Å². The van der Waals surface area contributed by atoms with Crippen LogP contribution in [0.15, 0.2) is 17.3 Å². The first-order chi connectivity index (χ1) is 10.8. The fourth-order valence-electron chi connectivity index (χ4n) is 2.68. The second kappa shape index (κ2) is 5.48. The third-order valence-corrected chi connectivity index (χ3v) is 5.83. The van der Waals surface area contributed by atoms with E-state index >= 15 is 0 Å². The summed E-state index contributed by atoms with van der Waals surface area (Å²) in [5.41, 5.74) is 1.07. The Bertz CT molecular complexity index is 861. The maximum Gasteiger partial charge on any atom is 0.268 e. The fourth-order valence-corrected chi connectivity index (χ4v) is 4.10. The molecule has 2 aromatic heterocycles. The van der Waals surface area contributed by atoms with Crippen LogP contribution in [0.25, 0.3) is 0 Å². The van der Waals surface area contributed by atoms with Crippen LogP contribution in [0, 0.1) is 13.8 Å². The summed E-state index contributed by atoms with van der Waals surface area (Å²) < 4.78 is 30.2. The lowest BCUT2D eigenvalue weighted by molar-refractivity contribution is 0.0981. The average Bonchev–Trinajstić information content (AvgIpc) is 2.93. The van der Waals surface area contributed by atoms with Gasteiger partial charge in [0.05, 0.1) is 29.2 Å². The number of nitrogens with zero attached hydrogens (tertiary/aromatic N) is 4. The highest BCUT2D eigenvalue weighted by atomic mass is 32.2. The Balaban J connectivity index is 1.82. The predicted molar refractivity (Wildman–Crippen MR) is 82.4 cm³/mol. The number of aromatic nitrogens is 4. The molecule has 0 aromatic carbocycles. The molecule has 0 aliphatic heterocycles. The molecule has 1 N–H and O–H groups in total. The van der Waals surface area contributed by atoms with Crippen LogP contribution in [0.1, 0.15) is 47.1 Å². The SMILES string of the molecule is Cc1nn(C)c(C)c1S(=O)(=O)NC(=O)c1cnn(C2CCC2)c1. The highest BCUT2D eigenvalue weighted by molar-refractivity contribution is 7.90. The number of carbonyl (C=O) groups excluding carboxylic acids is 1. The van der Waals surface area contributed by atoms with Crippen molar-refractivity contribution >= 4 is 15.9 Å². The molecule has 0 atom stereocenters. The van der Waals surface area contributed by atoms with Gasteiger partial charge in [-0.15, -0.1) is 0 Å². The van der Waals surface area contributed by atoms with Gasteiger partial charge in [0.15, 0.2) is 0 Å². The lowest BCUT2D eigenvalue weighted by atomic mass is 9.93. The second-order valence-electron chi connectivity index (χ2n) is 5.85. The Morgan fingerprint density at radius 2 is 2.04 bits per heavy atom. The summed E-state index contributed by atoms with van der Waals surface area (Å²) in [5, 5.41) is 8.22. The quantitative estimate of drug-likeness (QED) is 0.900. The van der Waals surface area contributed by atoms with Crippen molar-refractivity contribution in [2.75, 3.05) is 0 Å². The van der Waals surface area contributed by atoms with Crippen LogP contribution in [-0.4, -0.2) is 33.9 Å². The fraction of sp³-hybridized carbons (Fsp3) is 0.500. The zero-order valence-corrected chi connectivity index (χ0v) is 14.1. The van der Waals surface area contributed by atoms with Crippen LogP contribution in [0.2, 0.25) is 0 Å². The zero-order chi connectivity index (χ0) is 16.8. The summed E-state index contributed by atoms with van der Waals surface area (Å²) in [7, 11) is -2.31. The van der Waals surface area contributed by atoms with Gasteiger partial charge in [0.25, 0.3) is 15.9 Å². The number of aryl methyl sites for hydroxylation is 2. The molecule has 0 spiro atoms. The number of hydrogen-bond donors (Lipinski definition) is 1. The number of rotatable bonds is 4. The van der Waals surface area contributed by atoms with Gasteiger partial charge in [-0.25, -0.2) is 13.1 Å². The van der Waals surface area contributed by atoms with E-state index in [1.807, 2.05) is 0 Å². The van der Waals surface area contributed by atoms with Crippen LogP contribution in [0.3, 0.4) is 0 Å². The van der Waals surface area contributed by atoms with Crippen molar-refractivity contribution < 1.29 is 13.2 Å². The van der Waals surface area contributed by atoms with E-state index in [2.05, 4.69) is 14.9 Å². The Hall–Kier alpha value is -2.16. The lowest BCUT2D eigenvalue weighted by Crippen LogP contribution is -2.31. The van der Waals surface area contributed by atoms with E-state index in [9.17, 15) is 13.2 Å². The maximum absolute atomic E-state index is 12.5. The molecule has 0 unspecified atom stereocenters. The molecule has 1 aliphatic carbocycles. The van der Waals surface area contributed by atoms with Crippen molar-refractivity contribution in [1.29, 1.82) is 0 Å². The molecule has 2 aromatic rings. The van der Waals surface area contributed by atoms with E-state index in [0.717, 1.165) is 19.3 Å². The third-order valence-electron chi connectivity index (χ3n) is 4.25. The van der Waals surface area contributed by atoms with E-state index in [0.29, 0.717) is 17.4 Å². The minimum absolute atomic E-state index is 0.0414. The summed E-state index contributed by atoms with van der Waals surface area (Å²) in [5.74, 6) is -0.682. The molecule has 3 rings (SSSR count). The van der Waals surface area contributed by atoms with Gasteiger partial charge in [0.1, 0.15) is 4.90 Å². The van der Waals surface area contributed by atoms with Gasteiger partial charge in [0.2, 0.25) is 0 Å². The Kier molecular flexibility index (Phi) is 3.75. The molecular weight excluding hydrogens is 318 g/mol. The highest BCUT2D eigenvalue weighted by Gasteiger charge is 2.27. The molecule has 0 radical (unpaired) electrons. The van der Waals surface area contributed by atoms with E-state index in [1.165, 1.54) is 10.9 Å². The largest absolute Gasteiger partial charge is 0.271 e. The molecule has 1 amide bonds.